The zero-order chi connectivity index (χ0) is 12.0. The van der Waals surface area contributed by atoms with Crippen LogP contribution in [0.4, 0.5) is 0 Å². The molecule has 0 aromatic carbocycles. The summed E-state index contributed by atoms with van der Waals surface area (Å²) in [6.07, 6.45) is 0.820. The van der Waals surface area contributed by atoms with Crippen molar-refractivity contribution in [3.05, 3.63) is 0 Å². The van der Waals surface area contributed by atoms with E-state index in [1.807, 2.05) is 0 Å². The van der Waals surface area contributed by atoms with Gasteiger partial charge in [0.25, 0.3) is 5.78 Å². The molecule has 3 rings (SSSR count). The summed E-state index contributed by atoms with van der Waals surface area (Å²) >= 11 is 0. The number of aliphatic hydroxyl groups excluding tert-OH is 1. The summed E-state index contributed by atoms with van der Waals surface area (Å²) in [7, 11) is 0. The predicted molar refractivity (Wildman–Crippen MR) is 52.9 cm³/mol. The highest BCUT2D eigenvalue weighted by atomic mass is 16.8. The summed E-state index contributed by atoms with van der Waals surface area (Å²) < 4.78 is 16.2. The molecule has 2 saturated heterocycles. The first-order chi connectivity index (χ1) is 8.11. The molecule has 1 N–H and O–H groups in total. The van der Waals surface area contributed by atoms with Gasteiger partial charge in [-0.25, -0.2) is 4.79 Å². The number of carbonyl (C=O) groups is 2. The van der Waals surface area contributed by atoms with Crippen LogP contribution in [0.1, 0.15) is 25.7 Å². The van der Waals surface area contributed by atoms with Crippen LogP contribution in [-0.4, -0.2) is 47.6 Å². The number of aliphatic hydroxyl groups is 1. The van der Waals surface area contributed by atoms with Crippen LogP contribution in [-0.2, 0) is 23.8 Å². The van der Waals surface area contributed by atoms with Gasteiger partial charge in [-0.2, -0.15) is 0 Å². The molecule has 2 heterocycles. The van der Waals surface area contributed by atoms with Crippen molar-refractivity contribution in [3.63, 3.8) is 0 Å². The third-order valence-electron chi connectivity index (χ3n) is 3.63. The number of hydrogen-bond donors (Lipinski definition) is 1. The van der Waals surface area contributed by atoms with Crippen LogP contribution in [0.3, 0.4) is 0 Å². The van der Waals surface area contributed by atoms with Gasteiger partial charge in [-0.05, 0) is 12.8 Å². The second-order valence-electron chi connectivity index (χ2n) is 4.76. The molecule has 1 aliphatic carbocycles. The molecule has 3 aliphatic rings. The molecular formula is C11H14O6. The van der Waals surface area contributed by atoms with Gasteiger partial charge in [0.05, 0.1) is 6.61 Å². The predicted octanol–water partition coefficient (Wildman–Crippen LogP) is -0.473. The van der Waals surface area contributed by atoms with Crippen LogP contribution < -0.4 is 0 Å². The van der Waals surface area contributed by atoms with E-state index in [1.165, 1.54) is 0 Å². The lowest BCUT2D eigenvalue weighted by molar-refractivity contribution is -0.180. The Labute approximate surface area is 97.8 Å². The molecule has 17 heavy (non-hydrogen) atoms. The summed E-state index contributed by atoms with van der Waals surface area (Å²) in [5, 5.41) is 9.59. The smallest absolute Gasteiger partial charge is 0.378 e. The van der Waals surface area contributed by atoms with Gasteiger partial charge in [-0.1, -0.05) is 0 Å². The minimum absolute atomic E-state index is 0.252. The lowest BCUT2D eigenvalue weighted by Crippen LogP contribution is -2.39. The fourth-order valence-electron chi connectivity index (χ4n) is 2.71. The molecule has 2 aliphatic heterocycles. The fourth-order valence-corrected chi connectivity index (χ4v) is 2.71. The molecule has 1 unspecified atom stereocenters. The largest absolute Gasteiger partial charge is 0.450 e. The Morgan fingerprint density at radius 1 is 1.24 bits per heavy atom. The molecule has 1 spiro atoms. The lowest BCUT2D eigenvalue weighted by atomic mass is 10.1. The minimum Gasteiger partial charge on any atom is -0.450 e. The van der Waals surface area contributed by atoms with E-state index in [-0.39, 0.29) is 6.61 Å². The number of rotatable bonds is 1. The van der Waals surface area contributed by atoms with Gasteiger partial charge in [0.2, 0.25) is 0 Å². The molecule has 0 bridgehead atoms. The average molecular weight is 242 g/mol. The van der Waals surface area contributed by atoms with Crippen LogP contribution in [0.5, 0.6) is 0 Å². The van der Waals surface area contributed by atoms with E-state index >= 15 is 0 Å². The Morgan fingerprint density at radius 2 is 1.94 bits per heavy atom. The van der Waals surface area contributed by atoms with E-state index in [1.54, 1.807) is 0 Å². The van der Waals surface area contributed by atoms with Gasteiger partial charge in [0, 0.05) is 12.8 Å². The Hall–Kier alpha value is -0.980. The third-order valence-corrected chi connectivity index (χ3v) is 3.63. The number of carbonyl (C=O) groups excluding carboxylic acids is 2. The van der Waals surface area contributed by atoms with Crippen molar-refractivity contribution >= 4 is 11.8 Å². The first-order valence-corrected chi connectivity index (χ1v) is 5.86. The van der Waals surface area contributed by atoms with Crippen molar-refractivity contribution in [1.82, 2.24) is 0 Å². The van der Waals surface area contributed by atoms with E-state index in [0.717, 1.165) is 25.7 Å². The van der Waals surface area contributed by atoms with Crippen molar-refractivity contribution in [2.75, 3.05) is 6.61 Å². The van der Waals surface area contributed by atoms with Crippen LogP contribution in [0.25, 0.3) is 0 Å². The topological polar surface area (TPSA) is 82.1 Å². The normalized spacial score (nSPS) is 40.2. The molecule has 6 nitrogen and oxygen atoms in total. The minimum atomic E-state index is -1.42. The van der Waals surface area contributed by atoms with Crippen molar-refractivity contribution < 1.29 is 28.9 Å². The average Bonchev–Trinajstić information content (AvgIpc) is 2.99. The molecule has 3 fully saturated rings. The van der Waals surface area contributed by atoms with Crippen molar-refractivity contribution in [1.29, 1.82) is 0 Å². The number of Topliss-reactive ketones (excluding diaryl/α,β-unsaturated/α-hetero) is 1. The van der Waals surface area contributed by atoms with Crippen molar-refractivity contribution in [2.24, 2.45) is 0 Å². The van der Waals surface area contributed by atoms with E-state index in [9.17, 15) is 14.7 Å². The zero-order valence-electron chi connectivity index (χ0n) is 9.26. The molecule has 1 saturated carbocycles. The summed E-state index contributed by atoms with van der Waals surface area (Å²) in [4.78, 5) is 22.2. The Morgan fingerprint density at radius 3 is 2.53 bits per heavy atom. The number of ketones is 1. The van der Waals surface area contributed by atoms with Crippen LogP contribution in [0.2, 0.25) is 0 Å². The molecule has 0 aromatic rings. The van der Waals surface area contributed by atoms with Gasteiger partial charge in [-0.3, -0.25) is 4.79 Å². The highest BCUT2D eigenvalue weighted by molar-refractivity contribution is 6.37. The molecule has 0 amide bonds. The van der Waals surface area contributed by atoms with Gasteiger partial charge in [0.15, 0.2) is 18.0 Å². The Bertz CT molecular complexity index is 359. The maximum atomic E-state index is 11.2. The number of cyclic esters (lactones) is 1. The molecule has 0 aromatic heterocycles. The standard InChI is InChI=1S/C11H14O6/c12-7-8(13)10(14)16-9(7)6-5-15-11(17-6)3-1-2-4-11/h6-7,9,12H,1-5H2/t6-,7?,9-/m1/s1. The lowest BCUT2D eigenvalue weighted by Gasteiger charge is -2.23. The van der Waals surface area contributed by atoms with E-state index in [4.69, 9.17) is 14.2 Å². The van der Waals surface area contributed by atoms with E-state index in [0.29, 0.717) is 0 Å². The van der Waals surface area contributed by atoms with Crippen molar-refractivity contribution in [2.45, 2.75) is 49.8 Å². The highest BCUT2D eigenvalue weighted by Gasteiger charge is 2.53. The molecule has 6 heteroatoms. The summed E-state index contributed by atoms with van der Waals surface area (Å²) in [6, 6.07) is 0. The van der Waals surface area contributed by atoms with Crippen molar-refractivity contribution in [3.8, 4) is 0 Å². The van der Waals surface area contributed by atoms with Crippen LogP contribution in [0.15, 0.2) is 0 Å². The van der Waals surface area contributed by atoms with Gasteiger partial charge in [-0.15, -0.1) is 0 Å². The molecule has 3 atom stereocenters. The second-order valence-corrected chi connectivity index (χ2v) is 4.76. The van der Waals surface area contributed by atoms with Crippen LogP contribution in [0, 0.1) is 0 Å². The van der Waals surface area contributed by atoms with E-state index < -0.39 is 35.9 Å². The van der Waals surface area contributed by atoms with E-state index in [2.05, 4.69) is 0 Å². The van der Waals surface area contributed by atoms with Gasteiger partial charge >= 0.3 is 5.97 Å². The van der Waals surface area contributed by atoms with Gasteiger partial charge in [0.1, 0.15) is 6.10 Å². The zero-order valence-corrected chi connectivity index (χ0v) is 9.26. The fraction of sp³-hybridized carbons (Fsp3) is 0.818. The molecule has 0 radical (unpaired) electrons. The molecule has 94 valence electrons. The first kappa shape index (κ1) is 11.1. The number of esters is 1. The highest BCUT2D eigenvalue weighted by Crippen LogP contribution is 2.41. The summed E-state index contributed by atoms with van der Waals surface area (Å²) in [6.45, 7) is 0.252. The summed E-state index contributed by atoms with van der Waals surface area (Å²) in [5.74, 6) is -2.47. The Kier molecular flexibility index (Phi) is 2.46. The number of ether oxygens (including phenoxy) is 3. The third kappa shape index (κ3) is 1.67. The number of hydrogen-bond acceptors (Lipinski definition) is 6. The van der Waals surface area contributed by atoms with Crippen LogP contribution >= 0.6 is 0 Å². The monoisotopic (exact) mass is 242 g/mol. The first-order valence-electron chi connectivity index (χ1n) is 5.86. The maximum Gasteiger partial charge on any atom is 0.378 e. The Balaban J connectivity index is 1.71. The SMILES string of the molecule is O=C1O[C@H]([C@H]2COC3(CCCC3)O2)C(O)C1=O. The van der Waals surface area contributed by atoms with Gasteiger partial charge < -0.3 is 19.3 Å². The molecular weight excluding hydrogens is 228 g/mol. The summed E-state index contributed by atoms with van der Waals surface area (Å²) in [5.41, 5.74) is 0. The maximum absolute atomic E-state index is 11.2. The second kappa shape index (κ2) is 3.76. The quantitative estimate of drug-likeness (QED) is 0.494.